The van der Waals surface area contributed by atoms with Gasteiger partial charge in [-0.15, -0.1) is 0 Å². The standard InChI is InChI=1S/C12H27NO/c1-6-13-11(2)9-7-8-10-14-12(3,4)5/h11,13H,6-10H2,1-5H3. The van der Waals surface area contributed by atoms with E-state index in [0.29, 0.717) is 6.04 Å². The summed E-state index contributed by atoms with van der Waals surface area (Å²) in [5, 5.41) is 3.41. The van der Waals surface area contributed by atoms with Gasteiger partial charge in [0.15, 0.2) is 0 Å². The fourth-order valence-electron chi connectivity index (χ4n) is 1.38. The minimum Gasteiger partial charge on any atom is -0.376 e. The molecule has 0 amide bonds. The number of unbranched alkanes of at least 4 members (excludes halogenated alkanes) is 1. The Morgan fingerprint density at radius 1 is 1.21 bits per heavy atom. The number of hydrogen-bond acceptors (Lipinski definition) is 2. The van der Waals surface area contributed by atoms with Gasteiger partial charge in [0.2, 0.25) is 0 Å². The molecule has 1 atom stereocenters. The maximum Gasteiger partial charge on any atom is 0.0598 e. The highest BCUT2D eigenvalue weighted by Crippen LogP contribution is 2.08. The molecule has 0 aromatic heterocycles. The number of nitrogens with one attached hydrogen (secondary N) is 1. The molecule has 86 valence electrons. The molecule has 0 saturated heterocycles. The highest BCUT2D eigenvalue weighted by Gasteiger charge is 2.08. The van der Waals surface area contributed by atoms with Crippen LogP contribution < -0.4 is 5.32 Å². The van der Waals surface area contributed by atoms with Crippen molar-refractivity contribution in [3.8, 4) is 0 Å². The molecule has 0 bridgehead atoms. The van der Waals surface area contributed by atoms with Crippen LogP contribution in [0.1, 0.15) is 53.9 Å². The average Bonchev–Trinajstić information content (AvgIpc) is 2.02. The zero-order chi connectivity index (χ0) is 11.0. The van der Waals surface area contributed by atoms with Crippen molar-refractivity contribution < 1.29 is 4.74 Å². The van der Waals surface area contributed by atoms with Gasteiger partial charge in [-0.25, -0.2) is 0 Å². The SMILES string of the molecule is CCNC(C)CCCCOC(C)(C)C. The molecule has 0 fully saturated rings. The summed E-state index contributed by atoms with van der Waals surface area (Å²) in [4.78, 5) is 0. The minimum atomic E-state index is 0.0211. The van der Waals surface area contributed by atoms with Crippen LogP contribution >= 0.6 is 0 Å². The van der Waals surface area contributed by atoms with Gasteiger partial charge < -0.3 is 10.1 Å². The normalized spacial score (nSPS) is 14.4. The van der Waals surface area contributed by atoms with Gasteiger partial charge in [0.25, 0.3) is 0 Å². The summed E-state index contributed by atoms with van der Waals surface area (Å²) in [6.07, 6.45) is 3.68. The van der Waals surface area contributed by atoms with E-state index in [1.54, 1.807) is 0 Å². The summed E-state index contributed by atoms with van der Waals surface area (Å²) in [6, 6.07) is 0.648. The largest absolute Gasteiger partial charge is 0.376 e. The first-order valence-electron chi connectivity index (χ1n) is 5.83. The molecule has 0 saturated carbocycles. The third kappa shape index (κ3) is 10.0. The summed E-state index contributed by atoms with van der Waals surface area (Å²) in [5.41, 5.74) is 0.0211. The quantitative estimate of drug-likeness (QED) is 0.639. The first-order valence-corrected chi connectivity index (χ1v) is 5.83. The van der Waals surface area contributed by atoms with Crippen molar-refractivity contribution in [3.63, 3.8) is 0 Å². The average molecular weight is 201 g/mol. The number of rotatable bonds is 7. The van der Waals surface area contributed by atoms with E-state index in [4.69, 9.17) is 4.74 Å². The third-order valence-corrected chi connectivity index (χ3v) is 2.12. The summed E-state index contributed by atoms with van der Waals surface area (Å²) < 4.78 is 5.65. The Kier molecular flexibility index (Phi) is 7.20. The molecule has 1 N–H and O–H groups in total. The molecule has 0 aromatic rings. The Balaban J connectivity index is 3.21. The van der Waals surface area contributed by atoms with Gasteiger partial charge in [-0.1, -0.05) is 6.92 Å². The Morgan fingerprint density at radius 2 is 1.86 bits per heavy atom. The smallest absolute Gasteiger partial charge is 0.0598 e. The van der Waals surface area contributed by atoms with Gasteiger partial charge in [0.05, 0.1) is 5.60 Å². The van der Waals surface area contributed by atoms with Crippen LogP contribution in [-0.2, 0) is 4.74 Å². The van der Waals surface area contributed by atoms with Gasteiger partial charge in [0, 0.05) is 12.6 Å². The molecule has 0 radical (unpaired) electrons. The monoisotopic (exact) mass is 201 g/mol. The molecule has 0 rings (SSSR count). The van der Waals surface area contributed by atoms with Gasteiger partial charge in [0.1, 0.15) is 0 Å². The van der Waals surface area contributed by atoms with Crippen LogP contribution in [0.25, 0.3) is 0 Å². The van der Waals surface area contributed by atoms with E-state index >= 15 is 0 Å². The fourth-order valence-corrected chi connectivity index (χ4v) is 1.38. The van der Waals surface area contributed by atoms with Crippen LogP contribution in [0, 0.1) is 0 Å². The van der Waals surface area contributed by atoms with Crippen LogP contribution in [0.5, 0.6) is 0 Å². The van der Waals surface area contributed by atoms with Gasteiger partial charge in [-0.2, -0.15) is 0 Å². The van der Waals surface area contributed by atoms with Gasteiger partial charge >= 0.3 is 0 Å². The molecule has 0 aliphatic heterocycles. The van der Waals surface area contributed by atoms with Crippen LogP contribution in [0.4, 0.5) is 0 Å². The molecule has 0 aliphatic rings. The molecular formula is C12H27NO. The second-order valence-corrected chi connectivity index (χ2v) is 4.92. The van der Waals surface area contributed by atoms with Crippen molar-refractivity contribution in [2.75, 3.05) is 13.2 Å². The highest BCUT2D eigenvalue weighted by molar-refractivity contribution is 4.61. The van der Waals surface area contributed by atoms with Crippen molar-refractivity contribution in [3.05, 3.63) is 0 Å². The van der Waals surface area contributed by atoms with E-state index in [1.807, 2.05) is 0 Å². The van der Waals surface area contributed by atoms with Crippen molar-refractivity contribution in [2.24, 2.45) is 0 Å². The van der Waals surface area contributed by atoms with E-state index in [1.165, 1.54) is 19.3 Å². The Labute approximate surface area is 89.4 Å². The number of hydrogen-bond donors (Lipinski definition) is 1. The lowest BCUT2D eigenvalue weighted by molar-refractivity contribution is -0.00484. The maximum atomic E-state index is 5.65. The molecule has 0 spiro atoms. The highest BCUT2D eigenvalue weighted by atomic mass is 16.5. The van der Waals surface area contributed by atoms with Crippen LogP contribution in [0.15, 0.2) is 0 Å². The first-order chi connectivity index (χ1) is 6.45. The van der Waals surface area contributed by atoms with E-state index in [-0.39, 0.29) is 5.60 Å². The molecule has 14 heavy (non-hydrogen) atoms. The maximum absolute atomic E-state index is 5.65. The zero-order valence-electron chi connectivity index (χ0n) is 10.5. The second kappa shape index (κ2) is 7.24. The molecule has 0 aliphatic carbocycles. The zero-order valence-corrected chi connectivity index (χ0v) is 10.5. The lowest BCUT2D eigenvalue weighted by atomic mass is 10.1. The summed E-state index contributed by atoms with van der Waals surface area (Å²) in [6.45, 7) is 12.7. The van der Waals surface area contributed by atoms with Crippen molar-refractivity contribution >= 4 is 0 Å². The lowest BCUT2D eigenvalue weighted by Gasteiger charge is -2.19. The fraction of sp³-hybridized carbons (Fsp3) is 1.00. The van der Waals surface area contributed by atoms with Gasteiger partial charge in [-0.05, 0) is 53.5 Å². The predicted molar refractivity (Wildman–Crippen MR) is 62.7 cm³/mol. The summed E-state index contributed by atoms with van der Waals surface area (Å²) in [7, 11) is 0. The summed E-state index contributed by atoms with van der Waals surface area (Å²) in [5.74, 6) is 0. The van der Waals surface area contributed by atoms with Crippen LogP contribution in [-0.4, -0.2) is 24.8 Å². The van der Waals surface area contributed by atoms with E-state index in [2.05, 4.69) is 39.9 Å². The number of ether oxygens (including phenoxy) is 1. The Bertz CT molecular complexity index is 129. The Morgan fingerprint density at radius 3 is 2.36 bits per heavy atom. The van der Waals surface area contributed by atoms with E-state index in [0.717, 1.165) is 13.2 Å². The first kappa shape index (κ1) is 13.9. The molecule has 1 unspecified atom stereocenters. The van der Waals surface area contributed by atoms with Gasteiger partial charge in [-0.3, -0.25) is 0 Å². The van der Waals surface area contributed by atoms with E-state index < -0.39 is 0 Å². The molecule has 0 heterocycles. The molecule has 2 heteroatoms. The van der Waals surface area contributed by atoms with Crippen molar-refractivity contribution in [2.45, 2.75) is 65.5 Å². The molecule has 0 aromatic carbocycles. The summed E-state index contributed by atoms with van der Waals surface area (Å²) >= 11 is 0. The molecule has 2 nitrogen and oxygen atoms in total. The predicted octanol–water partition coefficient (Wildman–Crippen LogP) is 2.97. The minimum absolute atomic E-state index is 0.0211. The van der Waals surface area contributed by atoms with Crippen LogP contribution in [0.2, 0.25) is 0 Å². The second-order valence-electron chi connectivity index (χ2n) is 4.92. The topological polar surface area (TPSA) is 21.3 Å². The van der Waals surface area contributed by atoms with Crippen molar-refractivity contribution in [1.29, 1.82) is 0 Å². The molecular weight excluding hydrogens is 174 g/mol. The van der Waals surface area contributed by atoms with Crippen LogP contribution in [0.3, 0.4) is 0 Å². The third-order valence-electron chi connectivity index (χ3n) is 2.12. The van der Waals surface area contributed by atoms with Crippen molar-refractivity contribution in [1.82, 2.24) is 5.32 Å². The lowest BCUT2D eigenvalue weighted by Crippen LogP contribution is -2.25. The van der Waals surface area contributed by atoms with E-state index in [9.17, 15) is 0 Å². The Hall–Kier alpha value is -0.0800.